The molecule has 21 heavy (non-hydrogen) atoms. The van der Waals surface area contributed by atoms with Gasteiger partial charge in [0.25, 0.3) is 0 Å². The highest BCUT2D eigenvalue weighted by Crippen LogP contribution is 2.30. The summed E-state index contributed by atoms with van der Waals surface area (Å²) in [6.45, 7) is 8.08. The fourth-order valence-electron chi connectivity index (χ4n) is 2.72. The minimum atomic E-state index is -0.543. The number of β-amino-alcohol motifs (C(OH)–C–C–N with tert-alkyl or cyclic N) is 1. The van der Waals surface area contributed by atoms with E-state index in [1.165, 1.54) is 0 Å². The zero-order valence-electron chi connectivity index (χ0n) is 13.2. The Labute approximate surface area is 127 Å². The van der Waals surface area contributed by atoms with Crippen LogP contribution < -0.4 is 9.47 Å². The van der Waals surface area contributed by atoms with Gasteiger partial charge >= 0.3 is 0 Å². The summed E-state index contributed by atoms with van der Waals surface area (Å²) in [6.07, 6.45) is -0.543. The molecule has 1 aromatic rings. The zero-order valence-corrected chi connectivity index (χ0v) is 13.2. The fourth-order valence-corrected chi connectivity index (χ4v) is 2.72. The van der Waals surface area contributed by atoms with E-state index in [1.807, 2.05) is 18.2 Å². The average molecular weight is 294 g/mol. The zero-order chi connectivity index (χ0) is 15.2. The molecule has 5 heteroatoms. The van der Waals surface area contributed by atoms with Gasteiger partial charge in [0.1, 0.15) is 11.5 Å². The predicted octanol–water partition coefficient (Wildman–Crippen LogP) is 1.37. The van der Waals surface area contributed by atoms with Crippen molar-refractivity contribution in [2.75, 3.05) is 53.5 Å². The fraction of sp³-hybridized carbons (Fsp3) is 0.625. The van der Waals surface area contributed by atoms with Crippen LogP contribution in [0.5, 0.6) is 11.5 Å². The van der Waals surface area contributed by atoms with Crippen LogP contribution in [0.25, 0.3) is 0 Å². The molecule has 1 aliphatic rings. The topological polar surface area (TPSA) is 45.2 Å². The van der Waals surface area contributed by atoms with Crippen molar-refractivity contribution < 1.29 is 14.6 Å². The molecule has 1 unspecified atom stereocenters. The second-order valence-electron chi connectivity index (χ2n) is 5.36. The van der Waals surface area contributed by atoms with Gasteiger partial charge in [-0.15, -0.1) is 0 Å². The Morgan fingerprint density at radius 3 is 2.33 bits per heavy atom. The van der Waals surface area contributed by atoms with Crippen molar-refractivity contribution in [1.82, 2.24) is 9.80 Å². The van der Waals surface area contributed by atoms with Crippen LogP contribution in [0.1, 0.15) is 18.6 Å². The predicted molar refractivity (Wildman–Crippen MR) is 83.1 cm³/mol. The summed E-state index contributed by atoms with van der Waals surface area (Å²) in [5, 5.41) is 10.5. The van der Waals surface area contributed by atoms with Crippen LogP contribution in [-0.4, -0.2) is 68.4 Å². The summed E-state index contributed by atoms with van der Waals surface area (Å²) in [5.41, 5.74) is 0.816. The molecule has 0 spiro atoms. The van der Waals surface area contributed by atoms with Crippen LogP contribution in [0.15, 0.2) is 18.2 Å². The lowest BCUT2D eigenvalue weighted by Crippen LogP contribution is -2.47. The van der Waals surface area contributed by atoms with Gasteiger partial charge in [-0.25, -0.2) is 0 Å². The van der Waals surface area contributed by atoms with Gasteiger partial charge in [-0.3, -0.25) is 4.90 Å². The van der Waals surface area contributed by atoms with Gasteiger partial charge < -0.3 is 19.5 Å². The summed E-state index contributed by atoms with van der Waals surface area (Å²) in [5.74, 6) is 1.41. The Bertz CT molecular complexity index is 445. The highest BCUT2D eigenvalue weighted by atomic mass is 16.5. The molecule has 1 aromatic carbocycles. The molecule has 0 aromatic heterocycles. The number of piperazine rings is 1. The smallest absolute Gasteiger partial charge is 0.128 e. The van der Waals surface area contributed by atoms with Crippen molar-refractivity contribution >= 4 is 0 Å². The van der Waals surface area contributed by atoms with E-state index in [2.05, 4.69) is 16.7 Å². The highest BCUT2D eigenvalue weighted by molar-refractivity contribution is 5.42. The summed E-state index contributed by atoms with van der Waals surface area (Å²) >= 11 is 0. The number of aliphatic hydroxyl groups is 1. The van der Waals surface area contributed by atoms with E-state index in [-0.39, 0.29) is 0 Å². The molecule has 2 rings (SSSR count). The third-order valence-corrected chi connectivity index (χ3v) is 4.14. The van der Waals surface area contributed by atoms with Gasteiger partial charge in [0.05, 0.1) is 20.3 Å². The molecule has 0 bridgehead atoms. The number of benzene rings is 1. The Kier molecular flexibility index (Phi) is 5.85. The van der Waals surface area contributed by atoms with E-state index in [0.717, 1.165) is 44.0 Å². The first kappa shape index (κ1) is 16.1. The summed E-state index contributed by atoms with van der Waals surface area (Å²) in [4.78, 5) is 4.73. The first-order valence-electron chi connectivity index (χ1n) is 7.52. The second kappa shape index (κ2) is 7.64. The average Bonchev–Trinajstić information content (AvgIpc) is 2.54. The Morgan fingerprint density at radius 2 is 1.76 bits per heavy atom. The molecule has 1 fully saturated rings. The second-order valence-corrected chi connectivity index (χ2v) is 5.36. The third kappa shape index (κ3) is 4.09. The van der Waals surface area contributed by atoms with Crippen molar-refractivity contribution in [1.29, 1.82) is 0 Å². The molecular formula is C16H26N2O3. The standard InChI is InChI=1S/C16H26N2O3/c1-4-17-7-9-18(10-8-17)12-15(19)14-6-5-13(20-2)11-16(14)21-3/h5-6,11,15,19H,4,7-10,12H2,1-3H3. The summed E-state index contributed by atoms with van der Waals surface area (Å²) in [7, 11) is 3.24. The van der Waals surface area contributed by atoms with Crippen LogP contribution in [0, 0.1) is 0 Å². The van der Waals surface area contributed by atoms with Crippen molar-refractivity contribution in [2.24, 2.45) is 0 Å². The molecular weight excluding hydrogens is 268 g/mol. The number of likely N-dealkylation sites (N-methyl/N-ethyl adjacent to an activating group) is 1. The van der Waals surface area contributed by atoms with Crippen molar-refractivity contribution in [2.45, 2.75) is 13.0 Å². The van der Waals surface area contributed by atoms with E-state index in [4.69, 9.17) is 9.47 Å². The molecule has 0 amide bonds. The first-order valence-corrected chi connectivity index (χ1v) is 7.52. The number of hydrogen-bond donors (Lipinski definition) is 1. The summed E-state index contributed by atoms with van der Waals surface area (Å²) in [6, 6.07) is 5.55. The van der Waals surface area contributed by atoms with E-state index in [0.29, 0.717) is 12.3 Å². The van der Waals surface area contributed by atoms with Gasteiger partial charge in [0.15, 0.2) is 0 Å². The lowest BCUT2D eigenvalue weighted by molar-refractivity contribution is 0.0731. The molecule has 1 atom stereocenters. The lowest BCUT2D eigenvalue weighted by atomic mass is 10.1. The number of rotatable bonds is 6. The quantitative estimate of drug-likeness (QED) is 0.858. The number of hydrogen-bond acceptors (Lipinski definition) is 5. The molecule has 1 saturated heterocycles. The van der Waals surface area contributed by atoms with Crippen LogP contribution in [-0.2, 0) is 0 Å². The third-order valence-electron chi connectivity index (χ3n) is 4.14. The molecule has 1 heterocycles. The maximum atomic E-state index is 10.5. The molecule has 0 radical (unpaired) electrons. The van der Waals surface area contributed by atoms with E-state index in [9.17, 15) is 5.11 Å². The molecule has 0 aliphatic carbocycles. The van der Waals surface area contributed by atoms with E-state index in [1.54, 1.807) is 14.2 Å². The van der Waals surface area contributed by atoms with Crippen LogP contribution in [0.4, 0.5) is 0 Å². The number of aliphatic hydroxyl groups excluding tert-OH is 1. The molecule has 5 nitrogen and oxygen atoms in total. The Morgan fingerprint density at radius 1 is 1.10 bits per heavy atom. The largest absolute Gasteiger partial charge is 0.497 e. The van der Waals surface area contributed by atoms with Gasteiger partial charge in [-0.2, -0.15) is 0 Å². The van der Waals surface area contributed by atoms with Crippen molar-refractivity contribution in [3.63, 3.8) is 0 Å². The number of ether oxygens (including phenoxy) is 2. The SMILES string of the molecule is CCN1CCN(CC(O)c2ccc(OC)cc2OC)CC1. The van der Waals surface area contributed by atoms with Crippen molar-refractivity contribution in [3.8, 4) is 11.5 Å². The molecule has 118 valence electrons. The van der Waals surface area contributed by atoms with Crippen LogP contribution in [0.3, 0.4) is 0 Å². The molecule has 1 N–H and O–H groups in total. The highest BCUT2D eigenvalue weighted by Gasteiger charge is 2.21. The maximum Gasteiger partial charge on any atom is 0.128 e. The Hall–Kier alpha value is -1.30. The van der Waals surface area contributed by atoms with E-state index < -0.39 is 6.10 Å². The minimum absolute atomic E-state index is 0.543. The molecule has 0 saturated carbocycles. The van der Waals surface area contributed by atoms with E-state index >= 15 is 0 Å². The van der Waals surface area contributed by atoms with Crippen LogP contribution in [0.2, 0.25) is 0 Å². The van der Waals surface area contributed by atoms with Gasteiger partial charge in [0, 0.05) is 44.4 Å². The van der Waals surface area contributed by atoms with Gasteiger partial charge in [-0.1, -0.05) is 6.92 Å². The maximum absolute atomic E-state index is 10.5. The van der Waals surface area contributed by atoms with Gasteiger partial charge in [-0.05, 0) is 18.7 Å². The van der Waals surface area contributed by atoms with Gasteiger partial charge in [0.2, 0.25) is 0 Å². The Balaban J connectivity index is 1.98. The summed E-state index contributed by atoms with van der Waals surface area (Å²) < 4.78 is 10.6. The van der Waals surface area contributed by atoms with Crippen LogP contribution >= 0.6 is 0 Å². The lowest BCUT2D eigenvalue weighted by Gasteiger charge is -2.35. The number of methoxy groups -OCH3 is 2. The number of nitrogens with zero attached hydrogens (tertiary/aromatic N) is 2. The molecule has 1 aliphatic heterocycles. The normalized spacial score (nSPS) is 18.5. The first-order chi connectivity index (χ1) is 10.2. The van der Waals surface area contributed by atoms with Crippen molar-refractivity contribution in [3.05, 3.63) is 23.8 Å². The minimum Gasteiger partial charge on any atom is -0.497 e. The monoisotopic (exact) mass is 294 g/mol.